The minimum atomic E-state index is -0.141. The first-order valence-corrected chi connectivity index (χ1v) is 10.2. The predicted octanol–water partition coefficient (Wildman–Crippen LogP) is 2.17. The van der Waals surface area contributed by atoms with Gasteiger partial charge in [-0.15, -0.1) is 24.0 Å². The van der Waals surface area contributed by atoms with Gasteiger partial charge in [-0.1, -0.05) is 12.1 Å². The van der Waals surface area contributed by atoms with Gasteiger partial charge in [0, 0.05) is 26.2 Å². The van der Waals surface area contributed by atoms with Gasteiger partial charge in [0.15, 0.2) is 5.96 Å². The summed E-state index contributed by atoms with van der Waals surface area (Å²) in [4.78, 5) is 30.6. The van der Waals surface area contributed by atoms with Gasteiger partial charge in [-0.3, -0.25) is 9.59 Å². The number of guanidine groups is 1. The summed E-state index contributed by atoms with van der Waals surface area (Å²) >= 11 is 0. The van der Waals surface area contributed by atoms with Crippen LogP contribution in [0.4, 0.5) is 0 Å². The summed E-state index contributed by atoms with van der Waals surface area (Å²) < 4.78 is 10.2. The molecule has 1 aromatic rings. The Morgan fingerprint density at radius 3 is 2.37 bits per heavy atom. The van der Waals surface area contributed by atoms with Crippen molar-refractivity contribution in [2.24, 2.45) is 10.9 Å². The van der Waals surface area contributed by atoms with Gasteiger partial charge in [-0.05, 0) is 44.4 Å². The average molecular weight is 532 g/mol. The van der Waals surface area contributed by atoms with Crippen molar-refractivity contribution in [2.45, 2.75) is 33.2 Å². The van der Waals surface area contributed by atoms with Crippen LogP contribution in [0.5, 0.6) is 5.75 Å². The van der Waals surface area contributed by atoms with Crippen molar-refractivity contribution in [1.82, 2.24) is 15.5 Å². The molecule has 1 aromatic carbocycles. The van der Waals surface area contributed by atoms with Crippen molar-refractivity contribution in [2.75, 3.05) is 39.9 Å². The van der Waals surface area contributed by atoms with Crippen molar-refractivity contribution in [3.05, 3.63) is 29.8 Å². The second-order valence-corrected chi connectivity index (χ2v) is 6.81. The Bertz CT molecular complexity index is 689. The summed E-state index contributed by atoms with van der Waals surface area (Å²) in [5, 5.41) is 6.11. The zero-order valence-corrected chi connectivity index (χ0v) is 20.3. The van der Waals surface area contributed by atoms with E-state index in [9.17, 15) is 9.59 Å². The molecule has 1 fully saturated rings. The van der Waals surface area contributed by atoms with Gasteiger partial charge in [0.05, 0.1) is 19.6 Å². The monoisotopic (exact) mass is 532 g/mol. The molecule has 0 aromatic heterocycles. The zero-order chi connectivity index (χ0) is 21.1. The molecule has 8 nitrogen and oxygen atoms in total. The van der Waals surface area contributed by atoms with Crippen molar-refractivity contribution in [3.8, 4) is 5.75 Å². The van der Waals surface area contributed by atoms with Crippen LogP contribution in [0.25, 0.3) is 0 Å². The number of hydrogen-bond acceptors (Lipinski definition) is 5. The summed E-state index contributed by atoms with van der Waals surface area (Å²) in [5.41, 5.74) is 0.996. The standard InChI is InChI=1S/C21H32N4O4.HI/c1-4-22-21(25-12-10-17(11-13-25)20(27)29-5-2)24-15-19(26)23-14-16-6-8-18(28-3)9-7-16;/h6-9,17H,4-5,10-15H2,1-3H3,(H,22,24)(H,23,26);1H. The highest BCUT2D eigenvalue weighted by atomic mass is 127. The molecule has 1 aliphatic rings. The van der Waals surface area contributed by atoms with Crippen molar-refractivity contribution in [3.63, 3.8) is 0 Å². The van der Waals surface area contributed by atoms with E-state index in [2.05, 4.69) is 20.5 Å². The third-order valence-corrected chi connectivity index (χ3v) is 4.77. The SMILES string of the molecule is CCNC(=NCC(=O)NCc1ccc(OC)cc1)N1CCC(C(=O)OCC)CC1.I. The molecular formula is C21H33IN4O4. The molecule has 0 aliphatic carbocycles. The van der Waals surface area contributed by atoms with Crippen LogP contribution in [0.1, 0.15) is 32.3 Å². The number of likely N-dealkylation sites (tertiary alicyclic amines) is 1. The lowest BCUT2D eigenvalue weighted by Gasteiger charge is -2.33. The highest BCUT2D eigenvalue weighted by Gasteiger charge is 2.27. The Morgan fingerprint density at radius 2 is 1.80 bits per heavy atom. The van der Waals surface area contributed by atoms with Gasteiger partial charge < -0.3 is 25.0 Å². The van der Waals surface area contributed by atoms with Crippen LogP contribution in [-0.4, -0.2) is 62.6 Å². The molecule has 0 atom stereocenters. The van der Waals surface area contributed by atoms with E-state index in [1.54, 1.807) is 7.11 Å². The Balaban J connectivity index is 0.00000450. The van der Waals surface area contributed by atoms with Crippen LogP contribution in [0.2, 0.25) is 0 Å². The number of hydrogen-bond donors (Lipinski definition) is 2. The number of halogens is 1. The van der Waals surface area contributed by atoms with Crippen LogP contribution < -0.4 is 15.4 Å². The maximum absolute atomic E-state index is 12.2. The first-order valence-electron chi connectivity index (χ1n) is 10.2. The number of piperidine rings is 1. The average Bonchev–Trinajstić information content (AvgIpc) is 2.75. The van der Waals surface area contributed by atoms with Crippen molar-refractivity contribution < 1.29 is 19.1 Å². The van der Waals surface area contributed by atoms with E-state index in [-0.39, 0.29) is 48.3 Å². The smallest absolute Gasteiger partial charge is 0.309 e. The number of ether oxygens (including phenoxy) is 2. The first kappa shape index (κ1) is 26.0. The van der Waals surface area contributed by atoms with Gasteiger partial charge in [-0.2, -0.15) is 0 Å². The van der Waals surface area contributed by atoms with Crippen LogP contribution >= 0.6 is 24.0 Å². The fraction of sp³-hybridized carbons (Fsp3) is 0.571. The molecule has 168 valence electrons. The highest BCUT2D eigenvalue weighted by molar-refractivity contribution is 14.0. The minimum absolute atomic E-state index is 0. The summed E-state index contributed by atoms with van der Waals surface area (Å²) in [6, 6.07) is 7.56. The second kappa shape index (κ2) is 14.1. The number of carbonyl (C=O) groups is 2. The number of esters is 1. The Labute approximate surface area is 195 Å². The molecule has 2 rings (SSSR count). The zero-order valence-electron chi connectivity index (χ0n) is 18.0. The number of aliphatic imine (C=N–C) groups is 1. The lowest BCUT2D eigenvalue weighted by Crippen LogP contribution is -2.47. The highest BCUT2D eigenvalue weighted by Crippen LogP contribution is 2.18. The molecular weight excluding hydrogens is 499 g/mol. The minimum Gasteiger partial charge on any atom is -0.497 e. The van der Waals surface area contributed by atoms with Gasteiger partial charge in [0.2, 0.25) is 5.91 Å². The van der Waals surface area contributed by atoms with E-state index < -0.39 is 0 Å². The number of nitrogens with one attached hydrogen (secondary N) is 2. The number of amides is 1. The Morgan fingerprint density at radius 1 is 1.13 bits per heavy atom. The van der Waals surface area contributed by atoms with Crippen LogP contribution in [0, 0.1) is 5.92 Å². The van der Waals surface area contributed by atoms with Crippen molar-refractivity contribution in [1.29, 1.82) is 0 Å². The number of carbonyl (C=O) groups excluding carboxylic acids is 2. The molecule has 0 bridgehead atoms. The van der Waals surface area contributed by atoms with Gasteiger partial charge >= 0.3 is 5.97 Å². The summed E-state index contributed by atoms with van der Waals surface area (Å²) in [6.45, 7) is 6.86. The number of benzene rings is 1. The van der Waals surface area contributed by atoms with E-state index in [1.165, 1.54) is 0 Å². The first-order chi connectivity index (χ1) is 14.1. The fourth-order valence-electron chi connectivity index (χ4n) is 3.16. The van der Waals surface area contributed by atoms with Crippen LogP contribution in [0.15, 0.2) is 29.3 Å². The van der Waals surface area contributed by atoms with E-state index in [1.807, 2.05) is 38.1 Å². The molecule has 0 saturated carbocycles. The molecule has 2 N–H and O–H groups in total. The molecule has 0 radical (unpaired) electrons. The lowest BCUT2D eigenvalue weighted by atomic mass is 9.97. The number of nitrogens with zero attached hydrogens (tertiary/aromatic N) is 2. The molecule has 0 unspecified atom stereocenters. The molecule has 0 spiro atoms. The van der Waals surface area contributed by atoms with E-state index >= 15 is 0 Å². The van der Waals surface area contributed by atoms with Crippen LogP contribution in [-0.2, 0) is 20.9 Å². The van der Waals surface area contributed by atoms with E-state index in [0.717, 1.165) is 24.2 Å². The molecule has 9 heteroatoms. The second-order valence-electron chi connectivity index (χ2n) is 6.81. The van der Waals surface area contributed by atoms with Gasteiger partial charge in [-0.25, -0.2) is 4.99 Å². The van der Waals surface area contributed by atoms with Gasteiger partial charge in [0.1, 0.15) is 12.3 Å². The van der Waals surface area contributed by atoms with E-state index in [0.29, 0.717) is 38.7 Å². The molecule has 1 amide bonds. The molecule has 1 heterocycles. The normalized spacial score (nSPS) is 14.5. The maximum atomic E-state index is 12.2. The maximum Gasteiger partial charge on any atom is 0.309 e. The van der Waals surface area contributed by atoms with Gasteiger partial charge in [0.25, 0.3) is 0 Å². The summed E-state index contributed by atoms with van der Waals surface area (Å²) in [7, 11) is 1.62. The number of methoxy groups -OCH3 is 1. The van der Waals surface area contributed by atoms with Crippen molar-refractivity contribution >= 4 is 41.8 Å². The summed E-state index contributed by atoms with van der Waals surface area (Å²) in [5.74, 6) is 1.17. The topological polar surface area (TPSA) is 92.3 Å². The molecule has 1 aliphatic heterocycles. The van der Waals surface area contributed by atoms with E-state index in [4.69, 9.17) is 9.47 Å². The van der Waals surface area contributed by atoms with Crippen LogP contribution in [0.3, 0.4) is 0 Å². The predicted molar refractivity (Wildman–Crippen MR) is 127 cm³/mol. The third kappa shape index (κ3) is 8.37. The lowest BCUT2D eigenvalue weighted by molar-refractivity contribution is -0.149. The third-order valence-electron chi connectivity index (χ3n) is 4.77. The summed E-state index contributed by atoms with van der Waals surface area (Å²) in [6.07, 6.45) is 1.46. The molecule has 30 heavy (non-hydrogen) atoms. The number of rotatable bonds is 8. The Kier molecular flexibility index (Phi) is 12.2. The largest absolute Gasteiger partial charge is 0.497 e. The quantitative estimate of drug-likeness (QED) is 0.231. The fourth-order valence-corrected chi connectivity index (χ4v) is 3.16. The Hall–Kier alpha value is -2.04. The molecule has 1 saturated heterocycles.